The van der Waals surface area contributed by atoms with Crippen LogP contribution in [0.15, 0.2) is 42.5 Å². The van der Waals surface area contributed by atoms with Crippen molar-refractivity contribution in [2.45, 2.75) is 77.6 Å². The zero-order valence-corrected chi connectivity index (χ0v) is 25.2. The minimum Gasteiger partial charge on any atom is -0.494 e. The minimum absolute atomic E-state index is 0.00446. The molecule has 2 bridgehead atoms. The summed E-state index contributed by atoms with van der Waals surface area (Å²) >= 11 is 0. The zero-order chi connectivity index (χ0) is 30.3. The first-order valence-corrected chi connectivity index (χ1v) is 15.0. The van der Waals surface area contributed by atoms with Gasteiger partial charge in [-0.25, -0.2) is 0 Å². The second-order valence-electron chi connectivity index (χ2n) is 12.5. The number of hydrogen-bond donors (Lipinski definition) is 2. The molecule has 2 fully saturated rings. The van der Waals surface area contributed by atoms with Crippen molar-refractivity contribution in [1.82, 2.24) is 15.5 Å². The number of rotatable bonds is 17. The monoisotopic (exact) mass is 583 g/mol. The Morgan fingerprint density at radius 1 is 0.881 bits per heavy atom. The molecule has 4 amide bonds. The summed E-state index contributed by atoms with van der Waals surface area (Å²) in [5.41, 5.74) is -1.07. The lowest BCUT2D eigenvalue weighted by Gasteiger charge is -2.29. The van der Waals surface area contributed by atoms with Gasteiger partial charge in [0.05, 0.1) is 36.3 Å². The summed E-state index contributed by atoms with van der Waals surface area (Å²) in [6.45, 7) is 9.83. The van der Waals surface area contributed by atoms with E-state index in [2.05, 4.69) is 10.6 Å². The van der Waals surface area contributed by atoms with Crippen molar-refractivity contribution in [1.29, 1.82) is 0 Å². The standard InChI is InChI=1S/C32H45N3O7/c1-31(2,30(39)34-17-8-9-20-40-22-10-6-5-7-11-22)16-21-41-32(3,4)15-18-33-25(36)14-19-35-28(37)26-23-12-13-24(42-23)27(26)29(35)38/h5-7,10-13,23-24,26-27H,8-9,14-21H2,1-4H3,(H,33,36)(H,34,39). The van der Waals surface area contributed by atoms with Gasteiger partial charge in [0, 0.05) is 38.1 Å². The normalized spacial score (nSPS) is 22.9. The highest BCUT2D eigenvalue weighted by Crippen LogP contribution is 2.45. The van der Waals surface area contributed by atoms with Gasteiger partial charge in [-0.1, -0.05) is 44.2 Å². The summed E-state index contributed by atoms with van der Waals surface area (Å²) in [7, 11) is 0. The number of ether oxygens (including phenoxy) is 3. The number of para-hydroxylation sites is 1. The number of imide groups is 1. The van der Waals surface area contributed by atoms with Crippen molar-refractivity contribution in [3.63, 3.8) is 0 Å². The molecule has 2 saturated heterocycles. The first kappa shape index (κ1) is 31.7. The van der Waals surface area contributed by atoms with E-state index in [4.69, 9.17) is 14.2 Å². The maximum absolute atomic E-state index is 12.7. The molecule has 0 spiro atoms. The maximum atomic E-state index is 12.7. The van der Waals surface area contributed by atoms with Crippen molar-refractivity contribution >= 4 is 23.6 Å². The van der Waals surface area contributed by atoms with Gasteiger partial charge in [-0.2, -0.15) is 0 Å². The van der Waals surface area contributed by atoms with E-state index >= 15 is 0 Å². The highest BCUT2D eigenvalue weighted by atomic mass is 16.5. The number of benzene rings is 1. The summed E-state index contributed by atoms with van der Waals surface area (Å²) < 4.78 is 17.4. The van der Waals surface area contributed by atoms with Crippen LogP contribution in [0.3, 0.4) is 0 Å². The highest BCUT2D eigenvalue weighted by Gasteiger charge is 2.60. The fourth-order valence-electron chi connectivity index (χ4n) is 5.53. The molecule has 4 rings (SSSR count). The number of carbonyl (C=O) groups is 4. The van der Waals surface area contributed by atoms with Crippen molar-refractivity contribution in [3.8, 4) is 5.75 Å². The Labute approximate surface area is 248 Å². The molecular formula is C32H45N3O7. The summed E-state index contributed by atoms with van der Waals surface area (Å²) in [5.74, 6) is -0.753. The van der Waals surface area contributed by atoms with Crippen molar-refractivity contribution in [2.75, 3.05) is 32.8 Å². The van der Waals surface area contributed by atoms with E-state index < -0.39 is 22.9 Å². The van der Waals surface area contributed by atoms with Crippen LogP contribution in [0.2, 0.25) is 0 Å². The van der Waals surface area contributed by atoms with Crippen LogP contribution < -0.4 is 15.4 Å². The molecule has 10 nitrogen and oxygen atoms in total. The van der Waals surface area contributed by atoms with Crippen LogP contribution >= 0.6 is 0 Å². The van der Waals surface area contributed by atoms with E-state index in [1.165, 1.54) is 4.90 Å². The zero-order valence-electron chi connectivity index (χ0n) is 25.2. The number of amides is 4. The van der Waals surface area contributed by atoms with Crippen molar-refractivity contribution in [3.05, 3.63) is 42.5 Å². The van der Waals surface area contributed by atoms with E-state index in [-0.39, 0.29) is 48.8 Å². The Kier molecular flexibility index (Phi) is 10.4. The number of hydrogen-bond acceptors (Lipinski definition) is 7. The van der Waals surface area contributed by atoms with Crippen LogP contribution in [0.25, 0.3) is 0 Å². The number of likely N-dealkylation sites (tertiary alicyclic amines) is 1. The maximum Gasteiger partial charge on any atom is 0.236 e. The van der Waals surface area contributed by atoms with Crippen LogP contribution in [0.4, 0.5) is 0 Å². The van der Waals surface area contributed by atoms with Gasteiger partial charge in [0.2, 0.25) is 23.6 Å². The van der Waals surface area contributed by atoms with Gasteiger partial charge in [-0.15, -0.1) is 0 Å². The van der Waals surface area contributed by atoms with Crippen LogP contribution in [0.5, 0.6) is 5.75 Å². The Balaban J connectivity index is 1.05. The van der Waals surface area contributed by atoms with E-state index in [1.54, 1.807) is 0 Å². The van der Waals surface area contributed by atoms with Crippen LogP contribution in [-0.4, -0.2) is 79.2 Å². The van der Waals surface area contributed by atoms with E-state index in [0.717, 1.165) is 18.6 Å². The Hall–Kier alpha value is -3.24. The Morgan fingerprint density at radius 2 is 1.55 bits per heavy atom. The third kappa shape index (κ3) is 7.98. The molecule has 10 heteroatoms. The van der Waals surface area contributed by atoms with Crippen molar-refractivity contribution in [2.24, 2.45) is 17.3 Å². The predicted octanol–water partition coefficient (Wildman–Crippen LogP) is 3.01. The minimum atomic E-state index is -0.574. The molecule has 42 heavy (non-hydrogen) atoms. The molecule has 0 radical (unpaired) electrons. The van der Waals surface area contributed by atoms with Crippen LogP contribution in [0, 0.1) is 17.3 Å². The van der Waals surface area contributed by atoms with Gasteiger partial charge in [0.1, 0.15) is 5.75 Å². The third-order valence-electron chi connectivity index (χ3n) is 8.32. The van der Waals surface area contributed by atoms with Gasteiger partial charge in [-0.3, -0.25) is 24.1 Å². The van der Waals surface area contributed by atoms with E-state index in [9.17, 15) is 19.2 Å². The summed E-state index contributed by atoms with van der Waals surface area (Å²) in [6, 6.07) is 9.68. The number of carbonyl (C=O) groups excluding carboxylic acids is 4. The number of fused-ring (bicyclic) bond motifs is 5. The molecule has 1 aromatic rings. The SMILES string of the molecule is CC(C)(CCNC(=O)CCN1C(=O)C2C3C=CC(O3)C2C1=O)OCCC(C)(C)C(=O)NCCCCOc1ccccc1. The molecule has 4 atom stereocenters. The fraction of sp³-hybridized carbons (Fsp3) is 0.625. The average molecular weight is 584 g/mol. The quantitative estimate of drug-likeness (QED) is 0.164. The van der Waals surface area contributed by atoms with E-state index in [1.807, 2.05) is 70.2 Å². The lowest BCUT2D eigenvalue weighted by atomic mass is 9.85. The van der Waals surface area contributed by atoms with Gasteiger partial charge >= 0.3 is 0 Å². The molecule has 230 valence electrons. The van der Waals surface area contributed by atoms with Crippen LogP contribution in [0.1, 0.15) is 59.8 Å². The first-order valence-electron chi connectivity index (χ1n) is 15.0. The van der Waals surface area contributed by atoms with Gasteiger partial charge in [-0.05, 0) is 51.7 Å². The molecule has 3 aliphatic heterocycles. The average Bonchev–Trinajstić information content (AvgIpc) is 3.63. The molecule has 3 aliphatic rings. The second kappa shape index (κ2) is 13.8. The summed E-state index contributed by atoms with van der Waals surface area (Å²) in [5, 5.41) is 5.89. The largest absolute Gasteiger partial charge is 0.494 e. The lowest BCUT2D eigenvalue weighted by Crippen LogP contribution is -2.40. The van der Waals surface area contributed by atoms with Gasteiger partial charge < -0.3 is 24.8 Å². The smallest absolute Gasteiger partial charge is 0.236 e. The molecule has 3 heterocycles. The highest BCUT2D eigenvalue weighted by molar-refractivity contribution is 6.07. The summed E-state index contributed by atoms with van der Waals surface area (Å²) in [4.78, 5) is 51.8. The van der Waals surface area contributed by atoms with Gasteiger partial charge in [0.25, 0.3) is 0 Å². The molecule has 1 aromatic carbocycles. The molecule has 0 saturated carbocycles. The third-order valence-corrected chi connectivity index (χ3v) is 8.32. The first-order chi connectivity index (χ1) is 20.0. The predicted molar refractivity (Wildman–Crippen MR) is 156 cm³/mol. The van der Waals surface area contributed by atoms with Crippen molar-refractivity contribution < 1.29 is 33.4 Å². The molecule has 4 unspecified atom stereocenters. The fourth-order valence-corrected chi connectivity index (χ4v) is 5.53. The Morgan fingerprint density at radius 3 is 2.21 bits per heavy atom. The number of unbranched alkanes of at least 4 members (excludes halogenated alkanes) is 1. The van der Waals surface area contributed by atoms with E-state index in [0.29, 0.717) is 39.1 Å². The Bertz CT molecular complexity index is 1120. The molecule has 0 aliphatic carbocycles. The summed E-state index contributed by atoms with van der Waals surface area (Å²) in [6.07, 6.45) is 5.93. The second-order valence-corrected chi connectivity index (χ2v) is 12.5. The topological polar surface area (TPSA) is 123 Å². The molecular weight excluding hydrogens is 538 g/mol. The van der Waals surface area contributed by atoms with Crippen LogP contribution in [-0.2, 0) is 28.7 Å². The molecule has 2 N–H and O–H groups in total. The molecule has 0 aromatic heterocycles. The number of nitrogens with one attached hydrogen (secondary N) is 2. The van der Waals surface area contributed by atoms with Gasteiger partial charge in [0.15, 0.2) is 0 Å². The number of nitrogens with zero attached hydrogens (tertiary/aromatic N) is 1. The lowest BCUT2D eigenvalue weighted by molar-refractivity contribution is -0.142.